The Morgan fingerprint density at radius 1 is 1.43 bits per heavy atom. The first kappa shape index (κ1) is 15.3. The smallest absolute Gasteiger partial charge is 0.219 e. The highest BCUT2D eigenvalue weighted by atomic mass is 16.5. The van der Waals surface area contributed by atoms with Gasteiger partial charge < -0.3 is 14.4 Å². The lowest BCUT2D eigenvalue weighted by Gasteiger charge is -2.20. The first-order valence-corrected chi connectivity index (χ1v) is 7.62. The molecule has 1 aliphatic heterocycles. The number of likely N-dealkylation sites (tertiary alicyclic amines) is 1. The first-order chi connectivity index (χ1) is 11.3. The topological polar surface area (TPSA) is 75.6 Å². The number of aromatic amines is 1. The van der Waals surface area contributed by atoms with Gasteiger partial charge in [0, 0.05) is 18.7 Å². The van der Waals surface area contributed by atoms with E-state index >= 15 is 0 Å². The molecule has 1 N–H and O–H groups in total. The van der Waals surface area contributed by atoms with Crippen molar-refractivity contribution in [2.45, 2.75) is 18.9 Å². The van der Waals surface area contributed by atoms with Gasteiger partial charge in [0.25, 0.3) is 0 Å². The van der Waals surface area contributed by atoms with Crippen molar-refractivity contribution in [1.82, 2.24) is 20.3 Å². The zero-order valence-corrected chi connectivity index (χ0v) is 13.5. The molecule has 1 aromatic carbocycles. The number of methoxy groups -OCH3 is 2. The van der Waals surface area contributed by atoms with E-state index in [1.807, 2.05) is 18.3 Å². The summed E-state index contributed by atoms with van der Waals surface area (Å²) in [5.41, 5.74) is 2.27. The van der Waals surface area contributed by atoms with Crippen molar-refractivity contribution in [2.24, 2.45) is 4.99 Å². The monoisotopic (exact) mass is 315 g/mol. The van der Waals surface area contributed by atoms with E-state index in [2.05, 4.69) is 31.9 Å². The van der Waals surface area contributed by atoms with Gasteiger partial charge in [-0.1, -0.05) is 6.58 Å². The molecular weight excluding hydrogens is 294 g/mol. The normalized spacial score (nSPS) is 18.4. The third-order valence-electron chi connectivity index (χ3n) is 4.16. The molecule has 23 heavy (non-hydrogen) atoms. The molecule has 0 radical (unpaired) electrons. The van der Waals surface area contributed by atoms with E-state index < -0.39 is 0 Å². The fourth-order valence-electron chi connectivity index (χ4n) is 2.95. The van der Waals surface area contributed by atoms with Crippen LogP contribution in [0.5, 0.6) is 5.75 Å². The molecule has 0 spiro atoms. The Morgan fingerprint density at radius 2 is 2.22 bits per heavy atom. The van der Waals surface area contributed by atoms with Crippen LogP contribution in [-0.4, -0.2) is 59.6 Å². The number of fused-ring (bicyclic) bond motifs is 1. The lowest BCUT2D eigenvalue weighted by Crippen LogP contribution is -2.27. The summed E-state index contributed by atoms with van der Waals surface area (Å²) in [6.45, 7) is 5.57. The molecule has 3 rings (SSSR count). The molecule has 1 saturated heterocycles. The number of rotatable bonds is 5. The maximum Gasteiger partial charge on any atom is 0.219 e. The van der Waals surface area contributed by atoms with Crippen LogP contribution in [0.1, 0.15) is 18.4 Å². The molecule has 7 heteroatoms. The Labute approximate surface area is 135 Å². The summed E-state index contributed by atoms with van der Waals surface area (Å²) in [5, 5.41) is 10.8. The number of nitrogens with zero attached hydrogens (tertiary/aromatic N) is 4. The molecule has 1 fully saturated rings. The van der Waals surface area contributed by atoms with Crippen LogP contribution in [0.25, 0.3) is 11.0 Å². The number of ether oxygens (including phenoxy) is 2. The van der Waals surface area contributed by atoms with Gasteiger partial charge in [0.1, 0.15) is 16.8 Å². The summed E-state index contributed by atoms with van der Waals surface area (Å²) in [4.78, 5) is 6.89. The number of nitrogens with one attached hydrogen (secondary N) is 1. The molecule has 122 valence electrons. The molecule has 0 saturated carbocycles. The SMILES string of the molecule is C=CN1CCCC1CN=C(OC)c1cc2n[nH]nc2cc1OC. The predicted molar refractivity (Wildman–Crippen MR) is 88.8 cm³/mol. The van der Waals surface area contributed by atoms with Crippen molar-refractivity contribution in [1.29, 1.82) is 0 Å². The van der Waals surface area contributed by atoms with Crippen molar-refractivity contribution in [2.75, 3.05) is 27.3 Å². The number of hydrogen-bond acceptors (Lipinski definition) is 6. The van der Waals surface area contributed by atoms with Crippen LogP contribution in [0.4, 0.5) is 0 Å². The molecule has 0 amide bonds. The third-order valence-corrected chi connectivity index (χ3v) is 4.16. The van der Waals surface area contributed by atoms with Gasteiger partial charge in [-0.3, -0.25) is 0 Å². The highest BCUT2D eigenvalue weighted by Crippen LogP contribution is 2.25. The Bertz CT molecular complexity index is 724. The highest BCUT2D eigenvalue weighted by molar-refractivity contribution is 6.00. The standard InChI is InChI=1S/C16H21N5O2/c1-4-21-7-5-6-11(21)10-17-16(23-3)12-8-13-14(19-20-18-13)9-15(12)22-2/h4,8-9,11H,1,5-7,10H2,2-3H3,(H,18,19,20). The van der Waals surface area contributed by atoms with Gasteiger partial charge in [0.15, 0.2) is 0 Å². The molecule has 1 aliphatic rings. The van der Waals surface area contributed by atoms with E-state index in [9.17, 15) is 0 Å². The number of aromatic nitrogens is 3. The average Bonchev–Trinajstić information content (AvgIpc) is 3.22. The Morgan fingerprint density at radius 3 is 2.91 bits per heavy atom. The first-order valence-electron chi connectivity index (χ1n) is 7.62. The van der Waals surface area contributed by atoms with E-state index in [1.54, 1.807) is 14.2 Å². The van der Waals surface area contributed by atoms with Gasteiger partial charge in [-0.25, -0.2) is 4.99 Å². The van der Waals surface area contributed by atoms with Gasteiger partial charge in [0.05, 0.1) is 26.3 Å². The van der Waals surface area contributed by atoms with E-state index in [1.165, 1.54) is 6.42 Å². The summed E-state index contributed by atoms with van der Waals surface area (Å²) in [7, 11) is 3.24. The second kappa shape index (κ2) is 6.68. The minimum Gasteiger partial charge on any atom is -0.496 e. The van der Waals surface area contributed by atoms with Crippen LogP contribution in [0.15, 0.2) is 29.9 Å². The Balaban J connectivity index is 1.90. The van der Waals surface area contributed by atoms with Crippen molar-refractivity contribution in [3.05, 3.63) is 30.5 Å². The minimum absolute atomic E-state index is 0.374. The molecule has 2 aromatic rings. The van der Waals surface area contributed by atoms with Gasteiger partial charge in [0.2, 0.25) is 5.90 Å². The highest BCUT2D eigenvalue weighted by Gasteiger charge is 2.22. The fourth-order valence-corrected chi connectivity index (χ4v) is 2.95. The third kappa shape index (κ3) is 2.99. The van der Waals surface area contributed by atoms with E-state index in [-0.39, 0.29) is 0 Å². The zero-order chi connectivity index (χ0) is 16.2. The molecule has 1 aromatic heterocycles. The van der Waals surface area contributed by atoms with Crippen LogP contribution in [0.3, 0.4) is 0 Å². The van der Waals surface area contributed by atoms with E-state index in [4.69, 9.17) is 9.47 Å². The van der Waals surface area contributed by atoms with Crippen molar-refractivity contribution < 1.29 is 9.47 Å². The zero-order valence-electron chi connectivity index (χ0n) is 13.5. The van der Waals surface area contributed by atoms with Crippen LogP contribution in [0, 0.1) is 0 Å². The van der Waals surface area contributed by atoms with Crippen molar-refractivity contribution in [3.63, 3.8) is 0 Å². The quantitative estimate of drug-likeness (QED) is 0.674. The van der Waals surface area contributed by atoms with Gasteiger partial charge in [-0.05, 0) is 25.1 Å². The van der Waals surface area contributed by atoms with Crippen molar-refractivity contribution in [3.8, 4) is 5.75 Å². The van der Waals surface area contributed by atoms with E-state index in [0.29, 0.717) is 24.2 Å². The van der Waals surface area contributed by atoms with Crippen LogP contribution in [0.2, 0.25) is 0 Å². The molecule has 7 nitrogen and oxygen atoms in total. The second-order valence-electron chi connectivity index (χ2n) is 5.43. The van der Waals surface area contributed by atoms with Crippen molar-refractivity contribution >= 4 is 16.9 Å². The molecule has 2 heterocycles. The fraction of sp³-hybridized carbons (Fsp3) is 0.438. The lowest BCUT2D eigenvalue weighted by atomic mass is 10.1. The summed E-state index contributed by atoms with van der Waals surface area (Å²) in [6.07, 6.45) is 4.18. The molecular formula is C16H21N5O2. The maximum absolute atomic E-state index is 5.50. The van der Waals surface area contributed by atoms with Crippen LogP contribution in [-0.2, 0) is 4.74 Å². The van der Waals surface area contributed by atoms with Crippen LogP contribution >= 0.6 is 0 Å². The average molecular weight is 315 g/mol. The Kier molecular flexibility index (Phi) is 4.45. The molecule has 0 bridgehead atoms. The molecule has 0 aliphatic carbocycles. The lowest BCUT2D eigenvalue weighted by molar-refractivity contribution is 0.350. The summed E-state index contributed by atoms with van der Waals surface area (Å²) >= 11 is 0. The molecule has 1 unspecified atom stereocenters. The van der Waals surface area contributed by atoms with Crippen LogP contribution < -0.4 is 4.74 Å². The van der Waals surface area contributed by atoms with Gasteiger partial charge >= 0.3 is 0 Å². The maximum atomic E-state index is 5.50. The number of benzene rings is 1. The summed E-state index contributed by atoms with van der Waals surface area (Å²) in [5.74, 6) is 1.21. The summed E-state index contributed by atoms with van der Waals surface area (Å²) in [6, 6.07) is 4.08. The van der Waals surface area contributed by atoms with Gasteiger partial charge in [-0.15, -0.1) is 0 Å². The second-order valence-corrected chi connectivity index (χ2v) is 5.43. The van der Waals surface area contributed by atoms with Gasteiger partial charge in [-0.2, -0.15) is 15.4 Å². The molecule has 1 atom stereocenters. The predicted octanol–water partition coefficient (Wildman–Crippen LogP) is 1.97. The summed E-state index contributed by atoms with van der Waals surface area (Å²) < 4.78 is 11.0. The number of hydrogen-bond donors (Lipinski definition) is 1. The largest absolute Gasteiger partial charge is 0.496 e. The number of aliphatic imine (C=N–C) groups is 1. The Hall–Kier alpha value is -2.57. The minimum atomic E-state index is 0.374. The number of H-pyrrole nitrogens is 1. The van der Waals surface area contributed by atoms with E-state index in [0.717, 1.165) is 29.6 Å².